The molecule has 0 radical (unpaired) electrons. The second kappa shape index (κ2) is 9.19. The van der Waals surface area contributed by atoms with Crippen molar-refractivity contribution in [1.82, 2.24) is 0 Å². The SMILES string of the molecule is COC(=O)[C@H](CCSC)CC(=O)Cc1ccc(Br)cc1. The number of ketones is 1. The van der Waals surface area contributed by atoms with Crippen LogP contribution in [-0.4, -0.2) is 30.9 Å². The van der Waals surface area contributed by atoms with Gasteiger partial charge in [0, 0.05) is 17.3 Å². The predicted molar refractivity (Wildman–Crippen MR) is 86.0 cm³/mol. The Morgan fingerprint density at radius 3 is 2.50 bits per heavy atom. The molecule has 0 saturated carbocycles. The molecule has 1 atom stereocenters. The molecule has 0 amide bonds. The van der Waals surface area contributed by atoms with E-state index in [-0.39, 0.29) is 24.1 Å². The normalized spacial score (nSPS) is 11.9. The number of thioether (sulfide) groups is 1. The number of esters is 1. The van der Waals surface area contributed by atoms with Crippen LogP contribution in [0.3, 0.4) is 0 Å². The average Bonchev–Trinajstić information content (AvgIpc) is 2.45. The summed E-state index contributed by atoms with van der Waals surface area (Å²) in [6.45, 7) is 0. The fourth-order valence-electron chi connectivity index (χ4n) is 1.91. The molecule has 110 valence electrons. The number of methoxy groups -OCH3 is 1. The van der Waals surface area contributed by atoms with E-state index in [1.165, 1.54) is 7.11 Å². The van der Waals surface area contributed by atoms with Crippen molar-refractivity contribution < 1.29 is 14.3 Å². The summed E-state index contributed by atoms with van der Waals surface area (Å²) in [5.41, 5.74) is 0.965. The zero-order chi connectivity index (χ0) is 15.0. The number of carbonyl (C=O) groups is 2. The monoisotopic (exact) mass is 358 g/mol. The first-order chi connectivity index (χ1) is 9.56. The summed E-state index contributed by atoms with van der Waals surface area (Å²) in [4.78, 5) is 23.7. The first-order valence-electron chi connectivity index (χ1n) is 6.39. The molecule has 0 saturated heterocycles. The highest BCUT2D eigenvalue weighted by atomic mass is 79.9. The molecule has 0 bridgehead atoms. The number of rotatable bonds is 8. The van der Waals surface area contributed by atoms with Gasteiger partial charge in [0.2, 0.25) is 0 Å². The quantitative estimate of drug-likeness (QED) is 0.667. The van der Waals surface area contributed by atoms with E-state index in [2.05, 4.69) is 15.9 Å². The van der Waals surface area contributed by atoms with Gasteiger partial charge in [-0.1, -0.05) is 28.1 Å². The van der Waals surface area contributed by atoms with Gasteiger partial charge in [0.15, 0.2) is 0 Å². The minimum Gasteiger partial charge on any atom is -0.469 e. The predicted octanol–water partition coefficient (Wildman–Crippen LogP) is 3.49. The van der Waals surface area contributed by atoms with Gasteiger partial charge in [-0.3, -0.25) is 9.59 Å². The van der Waals surface area contributed by atoms with Crippen molar-refractivity contribution in [1.29, 1.82) is 0 Å². The molecule has 0 aliphatic rings. The highest BCUT2D eigenvalue weighted by molar-refractivity contribution is 9.10. The summed E-state index contributed by atoms with van der Waals surface area (Å²) in [5.74, 6) is 0.313. The van der Waals surface area contributed by atoms with E-state index in [1.807, 2.05) is 30.5 Å². The Morgan fingerprint density at radius 2 is 1.95 bits per heavy atom. The van der Waals surface area contributed by atoms with Crippen LogP contribution in [0.4, 0.5) is 0 Å². The number of hydrogen-bond donors (Lipinski definition) is 0. The molecule has 1 aromatic rings. The molecule has 0 heterocycles. The van der Waals surface area contributed by atoms with Crippen molar-refractivity contribution in [3.63, 3.8) is 0 Å². The lowest BCUT2D eigenvalue weighted by atomic mass is 9.96. The number of Topliss-reactive ketones (excluding diaryl/α,β-unsaturated/α-hetero) is 1. The molecule has 0 N–H and O–H groups in total. The maximum atomic E-state index is 12.1. The molecule has 5 heteroatoms. The number of halogens is 1. The molecule has 0 unspecified atom stereocenters. The van der Waals surface area contributed by atoms with Crippen LogP contribution in [0.15, 0.2) is 28.7 Å². The Labute approximate surface area is 132 Å². The molecule has 0 aliphatic carbocycles. The zero-order valence-electron chi connectivity index (χ0n) is 11.7. The minimum atomic E-state index is -0.324. The molecule has 1 aromatic carbocycles. The Hall–Kier alpha value is -0.810. The standard InChI is InChI=1S/C15H19BrO3S/c1-19-15(18)12(7-8-20-2)10-14(17)9-11-3-5-13(16)6-4-11/h3-6,12H,7-10H2,1-2H3/t12-/m1/s1. The van der Waals surface area contributed by atoms with Gasteiger partial charge in [-0.2, -0.15) is 11.8 Å². The lowest BCUT2D eigenvalue weighted by molar-refractivity contribution is -0.147. The van der Waals surface area contributed by atoms with Gasteiger partial charge < -0.3 is 4.74 Å². The summed E-state index contributed by atoms with van der Waals surface area (Å²) in [7, 11) is 1.37. The van der Waals surface area contributed by atoms with E-state index in [9.17, 15) is 9.59 Å². The second-order valence-corrected chi connectivity index (χ2v) is 6.45. The molecular formula is C15H19BrO3S. The molecule has 1 rings (SSSR count). The van der Waals surface area contributed by atoms with Crippen LogP contribution in [0, 0.1) is 5.92 Å². The highest BCUT2D eigenvalue weighted by Crippen LogP contribution is 2.17. The van der Waals surface area contributed by atoms with Gasteiger partial charge in [0.25, 0.3) is 0 Å². The van der Waals surface area contributed by atoms with Crippen LogP contribution >= 0.6 is 27.7 Å². The number of hydrogen-bond acceptors (Lipinski definition) is 4. The van der Waals surface area contributed by atoms with Crippen molar-refractivity contribution in [2.75, 3.05) is 19.1 Å². The van der Waals surface area contributed by atoms with Gasteiger partial charge in [0.05, 0.1) is 13.0 Å². The van der Waals surface area contributed by atoms with Crippen LogP contribution in [0.2, 0.25) is 0 Å². The van der Waals surface area contributed by atoms with E-state index >= 15 is 0 Å². The lowest BCUT2D eigenvalue weighted by Gasteiger charge is -2.13. The molecule has 0 aliphatic heterocycles. The summed E-state index contributed by atoms with van der Waals surface area (Å²) in [6.07, 6.45) is 3.28. The maximum Gasteiger partial charge on any atom is 0.309 e. The van der Waals surface area contributed by atoms with E-state index in [4.69, 9.17) is 4.74 Å². The van der Waals surface area contributed by atoms with E-state index in [0.29, 0.717) is 12.8 Å². The van der Waals surface area contributed by atoms with Crippen molar-refractivity contribution >= 4 is 39.4 Å². The topological polar surface area (TPSA) is 43.4 Å². The summed E-state index contributed by atoms with van der Waals surface area (Å²) >= 11 is 5.03. The maximum absolute atomic E-state index is 12.1. The molecule has 0 fully saturated rings. The van der Waals surface area contributed by atoms with Crippen molar-refractivity contribution in [3.05, 3.63) is 34.3 Å². The number of benzene rings is 1. The number of carbonyl (C=O) groups excluding carboxylic acids is 2. The van der Waals surface area contributed by atoms with Crippen LogP contribution in [0.5, 0.6) is 0 Å². The van der Waals surface area contributed by atoms with E-state index < -0.39 is 0 Å². The van der Waals surface area contributed by atoms with Gasteiger partial charge >= 0.3 is 5.97 Å². The van der Waals surface area contributed by atoms with Gasteiger partial charge in [0.1, 0.15) is 5.78 Å². The third kappa shape index (κ3) is 6.09. The molecular weight excluding hydrogens is 340 g/mol. The summed E-state index contributed by atoms with van der Waals surface area (Å²) < 4.78 is 5.76. The Bertz CT molecular complexity index is 445. The Morgan fingerprint density at radius 1 is 1.30 bits per heavy atom. The Balaban J connectivity index is 2.56. The fraction of sp³-hybridized carbons (Fsp3) is 0.467. The average molecular weight is 359 g/mol. The summed E-state index contributed by atoms with van der Waals surface area (Å²) in [6, 6.07) is 7.65. The van der Waals surface area contributed by atoms with Crippen molar-refractivity contribution in [2.45, 2.75) is 19.3 Å². The molecule has 3 nitrogen and oxygen atoms in total. The van der Waals surface area contributed by atoms with E-state index in [1.54, 1.807) is 11.8 Å². The largest absolute Gasteiger partial charge is 0.469 e. The van der Waals surface area contributed by atoms with Gasteiger partial charge in [-0.25, -0.2) is 0 Å². The van der Waals surface area contributed by atoms with Crippen molar-refractivity contribution in [2.24, 2.45) is 5.92 Å². The summed E-state index contributed by atoms with van der Waals surface area (Å²) in [5, 5.41) is 0. The third-order valence-electron chi connectivity index (χ3n) is 2.99. The van der Waals surface area contributed by atoms with Crippen LogP contribution in [0.25, 0.3) is 0 Å². The Kier molecular flexibility index (Phi) is 7.92. The van der Waals surface area contributed by atoms with Gasteiger partial charge in [-0.05, 0) is 36.1 Å². The van der Waals surface area contributed by atoms with Crippen LogP contribution in [0.1, 0.15) is 18.4 Å². The molecule has 0 spiro atoms. The van der Waals surface area contributed by atoms with Crippen molar-refractivity contribution in [3.8, 4) is 0 Å². The first-order valence-corrected chi connectivity index (χ1v) is 8.58. The lowest BCUT2D eigenvalue weighted by Crippen LogP contribution is -2.21. The van der Waals surface area contributed by atoms with Gasteiger partial charge in [-0.15, -0.1) is 0 Å². The minimum absolute atomic E-state index is 0.0730. The smallest absolute Gasteiger partial charge is 0.309 e. The second-order valence-electron chi connectivity index (χ2n) is 4.55. The van der Waals surface area contributed by atoms with E-state index in [0.717, 1.165) is 15.8 Å². The third-order valence-corrected chi connectivity index (χ3v) is 4.17. The molecule has 0 aromatic heterocycles. The van der Waals surface area contributed by atoms with Crippen LogP contribution < -0.4 is 0 Å². The zero-order valence-corrected chi connectivity index (χ0v) is 14.1. The van der Waals surface area contributed by atoms with Crippen LogP contribution in [-0.2, 0) is 20.7 Å². The number of ether oxygens (including phenoxy) is 1. The molecule has 20 heavy (non-hydrogen) atoms. The first kappa shape index (κ1) is 17.2. The highest BCUT2D eigenvalue weighted by Gasteiger charge is 2.22. The fourth-order valence-corrected chi connectivity index (χ4v) is 2.69.